The van der Waals surface area contributed by atoms with Gasteiger partial charge in [0.1, 0.15) is 15.9 Å². The first-order valence-corrected chi connectivity index (χ1v) is 12.3. The zero-order chi connectivity index (χ0) is 22.2. The van der Waals surface area contributed by atoms with Gasteiger partial charge in [-0.2, -0.15) is 13.1 Å². The molecule has 1 atom stereocenters. The number of sulfonamides is 1. The maximum Gasteiger partial charge on any atom is 0.245 e. The van der Waals surface area contributed by atoms with Gasteiger partial charge >= 0.3 is 0 Å². The Labute approximate surface area is 186 Å². The average molecular weight is 460 g/mol. The van der Waals surface area contributed by atoms with E-state index in [2.05, 4.69) is 14.1 Å². The maximum atomic E-state index is 13.2. The van der Waals surface area contributed by atoms with Crippen molar-refractivity contribution in [2.45, 2.75) is 31.7 Å². The fourth-order valence-corrected chi connectivity index (χ4v) is 6.04. The topological polar surface area (TPSA) is 95.5 Å². The molecule has 1 amide bonds. The van der Waals surface area contributed by atoms with Crippen molar-refractivity contribution in [1.29, 1.82) is 0 Å². The molecule has 0 saturated carbocycles. The molecule has 1 unspecified atom stereocenters. The summed E-state index contributed by atoms with van der Waals surface area (Å²) in [4.78, 5) is 15.0. The van der Waals surface area contributed by atoms with Crippen LogP contribution in [-0.2, 0) is 14.8 Å². The lowest BCUT2D eigenvalue weighted by Gasteiger charge is -2.36. The number of benzene rings is 2. The lowest BCUT2D eigenvalue weighted by Crippen LogP contribution is -2.54. The van der Waals surface area contributed by atoms with Crippen molar-refractivity contribution in [3.8, 4) is 0 Å². The summed E-state index contributed by atoms with van der Waals surface area (Å²) in [6, 6.07) is 10.6. The number of fused-ring (bicyclic) bond motifs is 1. The van der Waals surface area contributed by atoms with E-state index >= 15 is 0 Å². The molecule has 0 bridgehead atoms. The number of rotatable bonds is 5. The van der Waals surface area contributed by atoms with Gasteiger partial charge in [-0.25, -0.2) is 8.42 Å². The van der Waals surface area contributed by atoms with Crippen LogP contribution < -0.4 is 5.32 Å². The van der Waals surface area contributed by atoms with Gasteiger partial charge in [0.15, 0.2) is 0 Å². The zero-order valence-corrected chi connectivity index (χ0v) is 19.3. The van der Waals surface area contributed by atoms with Gasteiger partial charge in [-0.15, -0.1) is 0 Å². The van der Waals surface area contributed by atoms with Crippen LogP contribution in [0.2, 0.25) is 0 Å². The second-order valence-electron chi connectivity index (χ2n) is 7.76. The van der Waals surface area contributed by atoms with Crippen LogP contribution in [0.4, 0.5) is 5.69 Å². The number of carbonyl (C=O) groups excluding carboxylic acids is 1. The van der Waals surface area contributed by atoms with Crippen molar-refractivity contribution in [2.75, 3.05) is 31.5 Å². The van der Waals surface area contributed by atoms with E-state index in [1.54, 1.807) is 18.2 Å². The molecule has 10 heteroatoms. The number of nitrogens with one attached hydrogen (secondary N) is 1. The van der Waals surface area contributed by atoms with Crippen molar-refractivity contribution in [3.05, 3.63) is 47.5 Å². The van der Waals surface area contributed by atoms with E-state index in [4.69, 9.17) is 0 Å². The summed E-state index contributed by atoms with van der Waals surface area (Å²) in [5, 5.41) is 3.03. The first kappa shape index (κ1) is 21.8. The Morgan fingerprint density at radius 3 is 2.35 bits per heavy atom. The number of carbonyl (C=O) groups is 1. The normalized spacial score (nSPS) is 17.0. The zero-order valence-electron chi connectivity index (χ0n) is 17.7. The minimum Gasteiger partial charge on any atom is -0.324 e. The van der Waals surface area contributed by atoms with E-state index in [0.29, 0.717) is 37.2 Å². The first-order chi connectivity index (χ1) is 14.8. The van der Waals surface area contributed by atoms with Gasteiger partial charge in [-0.1, -0.05) is 24.3 Å². The van der Waals surface area contributed by atoms with Crippen LogP contribution in [0.15, 0.2) is 41.3 Å². The Balaban J connectivity index is 1.43. The summed E-state index contributed by atoms with van der Waals surface area (Å²) in [6.45, 7) is 7.38. The lowest BCUT2D eigenvalue weighted by molar-refractivity contribution is -0.121. The first-order valence-electron chi connectivity index (χ1n) is 10.1. The number of anilines is 1. The Morgan fingerprint density at radius 1 is 1.03 bits per heavy atom. The number of nitrogens with zero attached hydrogens (tertiary/aromatic N) is 4. The molecule has 31 heavy (non-hydrogen) atoms. The lowest BCUT2D eigenvalue weighted by atomic mass is 10.1. The highest BCUT2D eigenvalue weighted by Gasteiger charge is 2.33. The molecule has 4 rings (SSSR count). The predicted molar refractivity (Wildman–Crippen MR) is 122 cm³/mol. The number of amides is 1. The molecule has 0 aliphatic carbocycles. The molecule has 1 aliphatic rings. The minimum absolute atomic E-state index is 0.0907. The van der Waals surface area contributed by atoms with E-state index in [1.807, 2.05) is 43.9 Å². The number of piperazine rings is 1. The number of para-hydroxylation sites is 1. The van der Waals surface area contributed by atoms with E-state index in [0.717, 1.165) is 28.5 Å². The van der Waals surface area contributed by atoms with Crippen LogP contribution in [0.1, 0.15) is 18.1 Å². The Hall–Kier alpha value is -2.40. The third kappa shape index (κ3) is 4.20. The van der Waals surface area contributed by atoms with Crippen LogP contribution in [-0.4, -0.2) is 64.5 Å². The van der Waals surface area contributed by atoms with Gasteiger partial charge in [-0.05, 0) is 44.0 Å². The molecule has 8 nitrogen and oxygen atoms in total. The molecule has 1 N–H and O–H groups in total. The van der Waals surface area contributed by atoms with Gasteiger partial charge in [0.25, 0.3) is 0 Å². The van der Waals surface area contributed by atoms with E-state index < -0.39 is 10.0 Å². The van der Waals surface area contributed by atoms with Crippen molar-refractivity contribution in [2.24, 2.45) is 0 Å². The van der Waals surface area contributed by atoms with Crippen molar-refractivity contribution in [3.63, 3.8) is 0 Å². The standard InChI is InChI=1S/C21H25N5O3S2/c1-14-6-4-7-15(2)19(14)22-21(27)16(3)25-10-12-26(13-11-25)31(28,29)18-9-5-8-17-20(18)24-30-23-17/h4-9,16H,10-13H2,1-3H3,(H,22,27). The number of hydrogen-bond acceptors (Lipinski definition) is 7. The van der Waals surface area contributed by atoms with E-state index in [1.165, 1.54) is 4.31 Å². The van der Waals surface area contributed by atoms with Gasteiger partial charge in [0.05, 0.1) is 17.8 Å². The van der Waals surface area contributed by atoms with E-state index in [9.17, 15) is 13.2 Å². The van der Waals surface area contributed by atoms with Crippen LogP contribution in [0.25, 0.3) is 11.0 Å². The van der Waals surface area contributed by atoms with Crippen LogP contribution in [0.5, 0.6) is 0 Å². The van der Waals surface area contributed by atoms with Gasteiger partial charge in [0, 0.05) is 31.9 Å². The summed E-state index contributed by atoms with van der Waals surface area (Å²) in [5.74, 6) is -0.0907. The monoisotopic (exact) mass is 459 g/mol. The Morgan fingerprint density at radius 2 is 1.68 bits per heavy atom. The number of aryl methyl sites for hydroxylation is 2. The predicted octanol–water partition coefficient (Wildman–Crippen LogP) is 2.64. The highest BCUT2D eigenvalue weighted by Crippen LogP contribution is 2.26. The van der Waals surface area contributed by atoms with Gasteiger partial charge < -0.3 is 5.32 Å². The molecule has 0 spiro atoms. The second kappa shape index (κ2) is 8.62. The van der Waals surface area contributed by atoms with Crippen molar-refractivity contribution < 1.29 is 13.2 Å². The fraction of sp³-hybridized carbons (Fsp3) is 0.381. The quantitative estimate of drug-likeness (QED) is 0.630. The molecule has 3 aromatic rings. The summed E-state index contributed by atoms with van der Waals surface area (Å²) in [7, 11) is -3.68. The largest absolute Gasteiger partial charge is 0.324 e. The summed E-state index contributed by atoms with van der Waals surface area (Å²) in [5.41, 5.74) is 3.87. The molecular weight excluding hydrogens is 434 g/mol. The number of hydrogen-bond donors (Lipinski definition) is 1. The highest BCUT2D eigenvalue weighted by molar-refractivity contribution is 7.89. The SMILES string of the molecule is Cc1cccc(C)c1NC(=O)C(C)N1CCN(S(=O)(=O)c2cccc3nsnc23)CC1. The molecule has 1 saturated heterocycles. The van der Waals surface area contributed by atoms with Crippen molar-refractivity contribution >= 4 is 44.4 Å². The average Bonchev–Trinajstić information content (AvgIpc) is 3.24. The number of aromatic nitrogens is 2. The molecule has 2 heterocycles. The molecule has 0 radical (unpaired) electrons. The van der Waals surface area contributed by atoms with Crippen LogP contribution in [0, 0.1) is 13.8 Å². The summed E-state index contributed by atoms with van der Waals surface area (Å²) in [6.07, 6.45) is 0. The third-order valence-corrected chi connectivity index (χ3v) is 8.27. The van der Waals surface area contributed by atoms with E-state index in [-0.39, 0.29) is 16.8 Å². The molecule has 164 valence electrons. The van der Waals surface area contributed by atoms with Gasteiger partial charge in [-0.3, -0.25) is 9.69 Å². The molecule has 1 fully saturated rings. The Bertz CT molecular complexity index is 1200. The molecular formula is C21H25N5O3S2. The van der Waals surface area contributed by atoms with Crippen LogP contribution in [0.3, 0.4) is 0 Å². The summed E-state index contributed by atoms with van der Waals surface area (Å²) < 4.78 is 36.1. The third-order valence-electron chi connectivity index (χ3n) is 5.80. The minimum atomic E-state index is -3.68. The van der Waals surface area contributed by atoms with Crippen molar-refractivity contribution in [1.82, 2.24) is 18.0 Å². The molecule has 1 aliphatic heterocycles. The second-order valence-corrected chi connectivity index (χ2v) is 10.2. The highest BCUT2D eigenvalue weighted by atomic mass is 32.2. The molecule has 2 aromatic carbocycles. The fourth-order valence-electron chi connectivity index (χ4n) is 3.86. The summed E-state index contributed by atoms with van der Waals surface area (Å²) >= 11 is 1.00. The Kier molecular flexibility index (Phi) is 6.07. The smallest absolute Gasteiger partial charge is 0.245 e. The maximum absolute atomic E-state index is 13.2. The van der Waals surface area contributed by atoms with Crippen LogP contribution >= 0.6 is 11.7 Å². The van der Waals surface area contributed by atoms with Gasteiger partial charge in [0.2, 0.25) is 15.9 Å². The molecule has 1 aromatic heterocycles.